The summed E-state index contributed by atoms with van der Waals surface area (Å²) < 4.78 is 20.6. The molecule has 7 heteroatoms. The van der Waals surface area contributed by atoms with Crippen molar-refractivity contribution in [3.8, 4) is 0 Å². The van der Waals surface area contributed by atoms with E-state index in [1.807, 2.05) is 6.92 Å². The van der Waals surface area contributed by atoms with E-state index in [-0.39, 0.29) is 5.75 Å². The first kappa shape index (κ1) is 19.5. The van der Waals surface area contributed by atoms with Crippen molar-refractivity contribution >= 4 is 16.1 Å². The van der Waals surface area contributed by atoms with E-state index < -0.39 is 16.1 Å². The van der Waals surface area contributed by atoms with Crippen molar-refractivity contribution in [3.63, 3.8) is 0 Å². The van der Waals surface area contributed by atoms with Gasteiger partial charge in [0.15, 0.2) is 0 Å². The molecule has 6 nitrogen and oxygen atoms in total. The first-order chi connectivity index (χ1) is 8.33. The van der Waals surface area contributed by atoms with Crippen LogP contribution in [-0.2, 0) is 10.0 Å². The molecule has 2 amide bonds. The largest absolute Gasteiger partial charge is 0.352 e. The van der Waals surface area contributed by atoms with E-state index in [1.165, 1.54) is 6.42 Å². The van der Waals surface area contributed by atoms with Gasteiger partial charge in [0.05, 0.1) is 5.75 Å². The molecule has 0 aromatic carbocycles. The lowest BCUT2D eigenvalue weighted by Gasteiger charge is -1.97. The fraction of sp³-hybridized carbons (Fsp3) is 0.909. The summed E-state index contributed by atoms with van der Waals surface area (Å²) in [5.41, 5.74) is 4.82. The van der Waals surface area contributed by atoms with Gasteiger partial charge in [-0.3, -0.25) is 0 Å². The third-order valence-corrected chi connectivity index (χ3v) is 2.97. The highest BCUT2D eigenvalue weighted by Gasteiger charge is 1.99. The number of rotatable bonds is 8. The summed E-state index contributed by atoms with van der Waals surface area (Å²) >= 11 is 0. The highest BCUT2D eigenvalue weighted by molar-refractivity contribution is 7.89. The number of nitrogens with one attached hydrogen (secondary N) is 1. The molecule has 0 bridgehead atoms. The van der Waals surface area contributed by atoms with Gasteiger partial charge in [-0.1, -0.05) is 39.5 Å². The summed E-state index contributed by atoms with van der Waals surface area (Å²) in [6, 6.07) is -0.425. The minimum Gasteiger partial charge on any atom is -0.352 e. The smallest absolute Gasteiger partial charge is 0.312 e. The van der Waals surface area contributed by atoms with Crippen molar-refractivity contribution in [3.05, 3.63) is 0 Å². The molecule has 110 valence electrons. The fourth-order valence-electron chi connectivity index (χ4n) is 1.14. The minimum absolute atomic E-state index is 0.126. The van der Waals surface area contributed by atoms with Crippen LogP contribution in [0.25, 0.3) is 0 Å². The van der Waals surface area contributed by atoms with Gasteiger partial charge in [0.2, 0.25) is 10.0 Å². The van der Waals surface area contributed by atoms with Crippen molar-refractivity contribution in [2.75, 3.05) is 12.3 Å². The molecule has 0 saturated carbocycles. The third-order valence-electron chi connectivity index (χ3n) is 2.11. The first-order valence-corrected chi connectivity index (χ1v) is 8.08. The topological polar surface area (TPSA) is 115 Å². The molecule has 18 heavy (non-hydrogen) atoms. The summed E-state index contributed by atoms with van der Waals surface area (Å²) in [7, 11) is -3.20. The molecule has 0 aromatic heterocycles. The van der Waals surface area contributed by atoms with Crippen LogP contribution in [0.3, 0.4) is 0 Å². The van der Waals surface area contributed by atoms with Gasteiger partial charge >= 0.3 is 6.03 Å². The van der Waals surface area contributed by atoms with Gasteiger partial charge in [-0.05, 0) is 12.8 Å². The molecular formula is C11H27N3O3S. The number of sulfonamides is 1. The van der Waals surface area contributed by atoms with Crippen LogP contribution in [0.5, 0.6) is 0 Å². The van der Waals surface area contributed by atoms with E-state index in [0.717, 1.165) is 25.7 Å². The van der Waals surface area contributed by atoms with Crippen LogP contribution in [-0.4, -0.2) is 26.7 Å². The monoisotopic (exact) mass is 281 g/mol. The zero-order valence-corrected chi connectivity index (χ0v) is 12.3. The Balaban J connectivity index is 0. The van der Waals surface area contributed by atoms with Gasteiger partial charge in [-0.2, -0.15) is 0 Å². The zero-order chi connectivity index (χ0) is 14.4. The minimum atomic E-state index is -3.20. The number of amides is 2. The van der Waals surface area contributed by atoms with Crippen molar-refractivity contribution in [1.82, 2.24) is 5.32 Å². The number of urea groups is 1. The summed E-state index contributed by atoms with van der Waals surface area (Å²) in [4.78, 5) is 10.1. The molecule has 0 spiro atoms. The zero-order valence-electron chi connectivity index (χ0n) is 11.4. The lowest BCUT2D eigenvalue weighted by molar-refractivity contribution is 0.248. The maximum Gasteiger partial charge on any atom is 0.312 e. The van der Waals surface area contributed by atoms with E-state index in [1.54, 1.807) is 0 Å². The van der Waals surface area contributed by atoms with Gasteiger partial charge in [0.25, 0.3) is 0 Å². The molecule has 0 aliphatic carbocycles. The summed E-state index contributed by atoms with van der Waals surface area (Å²) in [5, 5.41) is 7.27. The number of primary amides is 1. The lowest BCUT2D eigenvalue weighted by Crippen LogP contribution is -2.29. The van der Waals surface area contributed by atoms with Gasteiger partial charge in [0.1, 0.15) is 0 Å². The lowest BCUT2D eigenvalue weighted by atomic mass is 10.2. The van der Waals surface area contributed by atoms with Crippen LogP contribution >= 0.6 is 0 Å². The van der Waals surface area contributed by atoms with E-state index in [0.29, 0.717) is 13.0 Å². The van der Waals surface area contributed by atoms with Crippen LogP contribution in [0.4, 0.5) is 4.79 Å². The molecule has 0 atom stereocenters. The Hall–Kier alpha value is -0.820. The molecule has 0 aliphatic rings. The SMILES string of the molecule is CCCCCNC(N)=O.CCCCCS(N)(=O)=O. The molecule has 0 aliphatic heterocycles. The second-order valence-corrected chi connectivity index (χ2v) is 5.81. The molecule has 0 aromatic rings. The first-order valence-electron chi connectivity index (χ1n) is 6.37. The Kier molecular flexibility index (Phi) is 13.7. The number of hydrogen-bond donors (Lipinski definition) is 3. The van der Waals surface area contributed by atoms with Gasteiger partial charge in [0, 0.05) is 6.54 Å². The quantitative estimate of drug-likeness (QED) is 0.582. The number of carbonyl (C=O) groups excluding carboxylic acids is 1. The maximum atomic E-state index is 10.3. The fourth-order valence-corrected chi connectivity index (χ4v) is 1.75. The molecule has 0 saturated heterocycles. The number of primary sulfonamides is 1. The van der Waals surface area contributed by atoms with Gasteiger partial charge in [-0.15, -0.1) is 0 Å². The predicted molar refractivity (Wildman–Crippen MR) is 74.6 cm³/mol. The Morgan fingerprint density at radius 3 is 1.94 bits per heavy atom. The van der Waals surface area contributed by atoms with Crippen LogP contribution in [0.2, 0.25) is 0 Å². The Bertz CT molecular complexity index is 292. The van der Waals surface area contributed by atoms with E-state index >= 15 is 0 Å². The average Bonchev–Trinajstić information content (AvgIpc) is 2.24. The molecule has 0 rings (SSSR count). The molecule has 5 N–H and O–H groups in total. The predicted octanol–water partition coefficient (Wildman–Crippen LogP) is 1.31. The standard InChI is InChI=1S/C6H14N2O.C5H13NO2S/c1-2-3-4-5-8-6(7)9;1-2-3-4-5-9(6,7)8/h2-5H2,1H3,(H3,7,8,9);2-5H2,1H3,(H2,6,7,8). The maximum absolute atomic E-state index is 10.3. The number of hydrogen-bond acceptors (Lipinski definition) is 3. The second-order valence-electron chi connectivity index (χ2n) is 4.07. The van der Waals surface area contributed by atoms with Crippen molar-refractivity contribution in [2.24, 2.45) is 10.9 Å². The summed E-state index contributed by atoms with van der Waals surface area (Å²) in [6.45, 7) is 4.84. The molecule has 0 heterocycles. The Morgan fingerprint density at radius 2 is 1.56 bits per heavy atom. The number of carbonyl (C=O) groups is 1. The molecule has 0 unspecified atom stereocenters. The van der Waals surface area contributed by atoms with Crippen molar-refractivity contribution in [2.45, 2.75) is 52.4 Å². The van der Waals surface area contributed by atoms with E-state index in [9.17, 15) is 13.2 Å². The molecule has 0 radical (unpaired) electrons. The van der Waals surface area contributed by atoms with Crippen molar-refractivity contribution in [1.29, 1.82) is 0 Å². The average molecular weight is 281 g/mol. The van der Waals surface area contributed by atoms with E-state index in [2.05, 4.69) is 12.2 Å². The number of nitrogens with two attached hydrogens (primary N) is 2. The van der Waals surface area contributed by atoms with Crippen LogP contribution in [0, 0.1) is 0 Å². The van der Waals surface area contributed by atoms with Crippen LogP contribution in [0.15, 0.2) is 0 Å². The van der Waals surface area contributed by atoms with Crippen LogP contribution in [0.1, 0.15) is 52.4 Å². The summed E-state index contributed by atoms with van der Waals surface area (Å²) in [6.07, 6.45) is 6.00. The van der Waals surface area contributed by atoms with Gasteiger partial charge in [-0.25, -0.2) is 18.4 Å². The Labute approximate surface area is 111 Å². The third kappa shape index (κ3) is 24.4. The Morgan fingerprint density at radius 1 is 1.06 bits per heavy atom. The van der Waals surface area contributed by atoms with Crippen molar-refractivity contribution < 1.29 is 13.2 Å². The second kappa shape index (κ2) is 12.6. The highest BCUT2D eigenvalue weighted by Crippen LogP contribution is 1.94. The van der Waals surface area contributed by atoms with Crippen LogP contribution < -0.4 is 16.2 Å². The summed E-state index contributed by atoms with van der Waals surface area (Å²) in [5.74, 6) is 0.126. The highest BCUT2D eigenvalue weighted by atomic mass is 32.2. The van der Waals surface area contributed by atoms with Gasteiger partial charge < -0.3 is 11.1 Å². The number of unbranched alkanes of at least 4 members (excludes halogenated alkanes) is 4. The van der Waals surface area contributed by atoms with E-state index in [4.69, 9.17) is 10.9 Å². The normalized spacial score (nSPS) is 10.4. The molecular weight excluding hydrogens is 254 g/mol. The molecule has 0 fully saturated rings.